The van der Waals surface area contributed by atoms with Crippen molar-refractivity contribution in [1.29, 1.82) is 0 Å². The molecule has 1 aromatic rings. The van der Waals surface area contributed by atoms with Crippen LogP contribution in [0.1, 0.15) is 27.2 Å². The molecule has 1 aliphatic rings. The molecular formula is C14H19N3O5. The molecule has 1 aliphatic heterocycles. The largest absolute Gasteiger partial charge is 0.468 e. The van der Waals surface area contributed by atoms with Crippen LogP contribution in [0.3, 0.4) is 0 Å². The molecule has 1 unspecified atom stereocenters. The van der Waals surface area contributed by atoms with E-state index in [0.29, 0.717) is 19.5 Å². The summed E-state index contributed by atoms with van der Waals surface area (Å²) >= 11 is 0. The number of likely N-dealkylation sites (tertiary alicyclic amines) is 1. The molecule has 0 saturated carbocycles. The summed E-state index contributed by atoms with van der Waals surface area (Å²) in [5, 5.41) is 10.9. The van der Waals surface area contributed by atoms with E-state index >= 15 is 0 Å². The number of hydrogen-bond acceptors (Lipinski definition) is 6. The Morgan fingerprint density at radius 3 is 2.86 bits per heavy atom. The fourth-order valence-corrected chi connectivity index (χ4v) is 2.09. The first-order chi connectivity index (χ1) is 10.3. The van der Waals surface area contributed by atoms with Crippen LogP contribution >= 0.6 is 0 Å². The molecule has 1 saturated heterocycles. The van der Waals surface area contributed by atoms with E-state index in [9.17, 15) is 14.9 Å². The highest BCUT2D eigenvalue weighted by atomic mass is 16.6. The number of aromatic nitrogens is 1. The van der Waals surface area contributed by atoms with Crippen molar-refractivity contribution >= 4 is 11.8 Å². The molecule has 0 spiro atoms. The number of nitro groups is 1. The average molecular weight is 309 g/mol. The number of ether oxygens (including phenoxy) is 2. The summed E-state index contributed by atoms with van der Waals surface area (Å²) in [7, 11) is 0. The summed E-state index contributed by atoms with van der Waals surface area (Å²) in [6.07, 6.45) is 1.27. The van der Waals surface area contributed by atoms with Crippen LogP contribution < -0.4 is 4.74 Å². The van der Waals surface area contributed by atoms with E-state index in [4.69, 9.17) is 9.47 Å². The Morgan fingerprint density at radius 2 is 2.23 bits per heavy atom. The van der Waals surface area contributed by atoms with Crippen LogP contribution in [0.4, 0.5) is 10.5 Å². The molecule has 0 aromatic carbocycles. The topological polar surface area (TPSA) is 94.8 Å². The SMILES string of the molecule is CC(C)(C)OC(=O)N1CCC(Oc2ncccc2[N+](=O)[O-])C1. The molecule has 1 aromatic heterocycles. The second-order valence-corrected chi connectivity index (χ2v) is 6.04. The Balaban J connectivity index is 1.97. The first kappa shape index (κ1) is 16.0. The quantitative estimate of drug-likeness (QED) is 0.628. The molecule has 0 aliphatic carbocycles. The van der Waals surface area contributed by atoms with Crippen molar-refractivity contribution in [2.75, 3.05) is 13.1 Å². The molecule has 1 fully saturated rings. The number of pyridine rings is 1. The normalized spacial score (nSPS) is 18.1. The molecule has 0 radical (unpaired) electrons. The molecule has 0 N–H and O–H groups in total. The van der Waals surface area contributed by atoms with Gasteiger partial charge in [-0.25, -0.2) is 9.78 Å². The van der Waals surface area contributed by atoms with Gasteiger partial charge in [-0.05, 0) is 26.8 Å². The van der Waals surface area contributed by atoms with Crippen LogP contribution in [0.25, 0.3) is 0 Å². The van der Waals surface area contributed by atoms with Crippen LogP contribution in [0.2, 0.25) is 0 Å². The van der Waals surface area contributed by atoms with Gasteiger partial charge in [0.1, 0.15) is 11.7 Å². The second-order valence-electron chi connectivity index (χ2n) is 6.04. The van der Waals surface area contributed by atoms with Gasteiger partial charge in [-0.15, -0.1) is 0 Å². The van der Waals surface area contributed by atoms with Crippen molar-refractivity contribution in [2.24, 2.45) is 0 Å². The van der Waals surface area contributed by atoms with E-state index in [-0.39, 0.29) is 17.7 Å². The van der Waals surface area contributed by atoms with Crippen LogP contribution in [-0.2, 0) is 4.74 Å². The van der Waals surface area contributed by atoms with Crippen LogP contribution in [-0.4, -0.2) is 45.7 Å². The van der Waals surface area contributed by atoms with Gasteiger partial charge in [-0.1, -0.05) is 0 Å². The first-order valence-electron chi connectivity index (χ1n) is 7.00. The zero-order chi connectivity index (χ0) is 16.3. The molecular weight excluding hydrogens is 290 g/mol. The third kappa shape index (κ3) is 4.06. The van der Waals surface area contributed by atoms with Crippen molar-refractivity contribution in [1.82, 2.24) is 9.88 Å². The van der Waals surface area contributed by atoms with E-state index in [1.807, 2.05) is 0 Å². The van der Waals surface area contributed by atoms with Gasteiger partial charge in [-0.3, -0.25) is 10.1 Å². The maximum absolute atomic E-state index is 12.0. The Bertz CT molecular complexity index is 570. The van der Waals surface area contributed by atoms with Crippen LogP contribution in [0.5, 0.6) is 5.88 Å². The molecule has 1 atom stereocenters. The predicted octanol–water partition coefficient (Wildman–Crippen LogP) is 2.38. The van der Waals surface area contributed by atoms with E-state index in [2.05, 4.69) is 4.98 Å². The molecule has 120 valence electrons. The minimum atomic E-state index is -0.560. The molecule has 22 heavy (non-hydrogen) atoms. The number of nitrogens with zero attached hydrogens (tertiary/aromatic N) is 3. The third-order valence-corrected chi connectivity index (χ3v) is 3.02. The minimum absolute atomic E-state index is 0.0245. The fraction of sp³-hybridized carbons (Fsp3) is 0.571. The predicted molar refractivity (Wildman–Crippen MR) is 77.7 cm³/mol. The van der Waals surface area contributed by atoms with E-state index in [1.54, 1.807) is 20.8 Å². The minimum Gasteiger partial charge on any atom is -0.468 e. The first-order valence-corrected chi connectivity index (χ1v) is 7.00. The number of carbonyl (C=O) groups excluding carboxylic acids is 1. The van der Waals surface area contributed by atoms with Gasteiger partial charge < -0.3 is 14.4 Å². The lowest BCUT2D eigenvalue weighted by atomic mass is 10.2. The van der Waals surface area contributed by atoms with E-state index < -0.39 is 16.6 Å². The Hall–Kier alpha value is -2.38. The standard InChI is InChI=1S/C14H19N3O5/c1-14(2,3)22-13(18)16-8-6-10(9-16)21-12-11(17(19)20)5-4-7-15-12/h4-5,7,10H,6,8-9H2,1-3H3. The summed E-state index contributed by atoms with van der Waals surface area (Å²) in [5.74, 6) is -0.0245. The van der Waals surface area contributed by atoms with Crippen molar-refractivity contribution in [3.05, 3.63) is 28.4 Å². The van der Waals surface area contributed by atoms with Gasteiger partial charge in [0.15, 0.2) is 0 Å². The van der Waals surface area contributed by atoms with Crippen molar-refractivity contribution in [3.8, 4) is 5.88 Å². The van der Waals surface area contributed by atoms with Crippen LogP contribution in [0, 0.1) is 10.1 Å². The van der Waals surface area contributed by atoms with Gasteiger partial charge in [0, 0.05) is 25.2 Å². The van der Waals surface area contributed by atoms with Gasteiger partial charge in [0.25, 0.3) is 5.88 Å². The number of amides is 1. The lowest BCUT2D eigenvalue weighted by molar-refractivity contribution is -0.386. The lowest BCUT2D eigenvalue weighted by Crippen LogP contribution is -2.36. The number of hydrogen-bond donors (Lipinski definition) is 0. The van der Waals surface area contributed by atoms with Gasteiger partial charge in [-0.2, -0.15) is 0 Å². The fourth-order valence-electron chi connectivity index (χ4n) is 2.09. The molecule has 2 heterocycles. The lowest BCUT2D eigenvalue weighted by Gasteiger charge is -2.24. The zero-order valence-electron chi connectivity index (χ0n) is 12.8. The Kier molecular flexibility index (Phi) is 4.48. The molecule has 0 bridgehead atoms. The molecule has 8 heteroatoms. The number of carbonyl (C=O) groups is 1. The van der Waals surface area contributed by atoms with Gasteiger partial charge in [0.05, 0.1) is 11.5 Å². The van der Waals surface area contributed by atoms with Crippen LogP contribution in [0.15, 0.2) is 18.3 Å². The highest BCUT2D eigenvalue weighted by molar-refractivity contribution is 5.68. The summed E-state index contributed by atoms with van der Waals surface area (Å²) < 4.78 is 10.9. The smallest absolute Gasteiger partial charge is 0.410 e. The van der Waals surface area contributed by atoms with Crippen molar-refractivity contribution in [3.63, 3.8) is 0 Å². The van der Waals surface area contributed by atoms with E-state index in [0.717, 1.165) is 0 Å². The highest BCUT2D eigenvalue weighted by Gasteiger charge is 2.32. The van der Waals surface area contributed by atoms with E-state index in [1.165, 1.54) is 23.2 Å². The summed E-state index contributed by atoms with van der Waals surface area (Å²) in [5.41, 5.74) is -0.742. The highest BCUT2D eigenvalue weighted by Crippen LogP contribution is 2.26. The maximum atomic E-state index is 12.0. The summed E-state index contributed by atoms with van der Waals surface area (Å²) in [6, 6.07) is 2.82. The van der Waals surface area contributed by atoms with Crippen molar-refractivity contribution in [2.45, 2.75) is 38.9 Å². The Morgan fingerprint density at radius 1 is 1.50 bits per heavy atom. The van der Waals surface area contributed by atoms with Crippen molar-refractivity contribution < 1.29 is 19.2 Å². The monoisotopic (exact) mass is 309 g/mol. The second kappa shape index (κ2) is 6.17. The third-order valence-electron chi connectivity index (χ3n) is 3.02. The molecule has 2 rings (SSSR count). The average Bonchev–Trinajstić information content (AvgIpc) is 2.86. The Labute approximate surface area is 128 Å². The summed E-state index contributed by atoms with van der Waals surface area (Å²) in [6.45, 7) is 6.20. The molecule has 8 nitrogen and oxygen atoms in total. The maximum Gasteiger partial charge on any atom is 0.410 e. The molecule has 1 amide bonds. The van der Waals surface area contributed by atoms with Gasteiger partial charge >= 0.3 is 11.8 Å². The zero-order valence-corrected chi connectivity index (χ0v) is 12.8. The summed E-state index contributed by atoms with van der Waals surface area (Å²) in [4.78, 5) is 27.8. The number of rotatable bonds is 3. The van der Waals surface area contributed by atoms with Gasteiger partial charge in [0.2, 0.25) is 0 Å².